The van der Waals surface area contributed by atoms with E-state index in [-0.39, 0.29) is 18.2 Å². The highest BCUT2D eigenvalue weighted by atomic mass is 32.1. The maximum atomic E-state index is 12.6. The molecule has 5 aromatic rings. The Bertz CT molecular complexity index is 1510. The lowest BCUT2D eigenvalue weighted by molar-refractivity contribution is 0.0950. The fraction of sp³-hybridized carbons (Fsp3) is 0.0833. The zero-order valence-corrected chi connectivity index (χ0v) is 18.9. The lowest BCUT2D eigenvalue weighted by atomic mass is 10.0. The number of fused-ring (bicyclic) bond motifs is 1. The van der Waals surface area contributed by atoms with Crippen LogP contribution < -0.4 is 15.8 Å². The molecule has 0 unspecified atom stereocenters. The summed E-state index contributed by atoms with van der Waals surface area (Å²) in [6, 6.07) is 14.1. The number of hydrogen-bond acceptors (Lipinski definition) is 8. The molecule has 10 heteroatoms. The number of benzene rings is 2. The van der Waals surface area contributed by atoms with Crippen LogP contribution in [0.2, 0.25) is 0 Å². The first-order chi connectivity index (χ1) is 16.5. The van der Waals surface area contributed by atoms with Crippen LogP contribution >= 0.6 is 11.3 Å². The number of aromatic hydroxyl groups is 1. The zero-order chi connectivity index (χ0) is 23.7. The minimum absolute atomic E-state index is 0.0752. The van der Waals surface area contributed by atoms with E-state index in [9.17, 15) is 9.90 Å². The second-order valence-corrected chi connectivity index (χ2v) is 8.36. The molecule has 1 amide bonds. The summed E-state index contributed by atoms with van der Waals surface area (Å²) in [5, 5.41) is 15.6. The molecule has 0 aliphatic rings. The lowest BCUT2D eigenvalue weighted by Crippen LogP contribution is -2.22. The second kappa shape index (κ2) is 8.83. The summed E-state index contributed by atoms with van der Waals surface area (Å²) in [6.07, 6.45) is 1.66. The summed E-state index contributed by atoms with van der Waals surface area (Å²) in [4.78, 5) is 28.8. The van der Waals surface area contributed by atoms with Crippen LogP contribution in [0.25, 0.3) is 33.5 Å². The third-order valence-corrected chi connectivity index (χ3v) is 5.99. The third kappa shape index (κ3) is 4.14. The molecule has 0 radical (unpaired) electrons. The average molecular weight is 473 g/mol. The van der Waals surface area contributed by atoms with Gasteiger partial charge in [0, 0.05) is 22.7 Å². The van der Waals surface area contributed by atoms with Crippen molar-refractivity contribution in [1.82, 2.24) is 25.3 Å². The summed E-state index contributed by atoms with van der Waals surface area (Å²) in [5.41, 5.74) is 10.3. The monoisotopic (exact) mass is 472 g/mol. The molecular formula is C24H20N6O3S. The molecule has 9 nitrogen and oxygen atoms in total. The van der Waals surface area contributed by atoms with Crippen molar-refractivity contribution in [3.63, 3.8) is 0 Å². The normalized spacial score (nSPS) is 11.0. The van der Waals surface area contributed by atoms with Gasteiger partial charge in [-0.05, 0) is 48.0 Å². The number of amides is 1. The van der Waals surface area contributed by atoms with Crippen LogP contribution in [0, 0.1) is 0 Å². The smallest absolute Gasteiger partial charge is 0.251 e. The number of pyridine rings is 1. The van der Waals surface area contributed by atoms with E-state index in [1.54, 1.807) is 49.0 Å². The van der Waals surface area contributed by atoms with Crippen LogP contribution in [0.1, 0.15) is 16.1 Å². The number of anilines is 1. The van der Waals surface area contributed by atoms with Gasteiger partial charge in [0.2, 0.25) is 5.88 Å². The fourth-order valence-electron chi connectivity index (χ4n) is 3.62. The first kappa shape index (κ1) is 21.4. The van der Waals surface area contributed by atoms with Gasteiger partial charge in [-0.3, -0.25) is 4.79 Å². The number of methoxy groups -OCH3 is 1. The topological polar surface area (TPSA) is 139 Å². The number of carbonyl (C=O) groups is 1. The number of H-pyrrole nitrogens is 1. The number of aromatic amines is 1. The highest BCUT2D eigenvalue weighted by molar-refractivity contribution is 7.13. The predicted octanol–water partition coefficient (Wildman–Crippen LogP) is 3.97. The van der Waals surface area contributed by atoms with Crippen molar-refractivity contribution in [1.29, 1.82) is 0 Å². The quantitative estimate of drug-likeness (QED) is 0.293. The number of nitrogens with zero attached hydrogens (tertiary/aromatic N) is 3. The van der Waals surface area contributed by atoms with Gasteiger partial charge in [-0.15, -0.1) is 11.3 Å². The van der Waals surface area contributed by atoms with Crippen molar-refractivity contribution in [2.24, 2.45) is 0 Å². The molecule has 0 aliphatic carbocycles. The first-order valence-corrected chi connectivity index (χ1v) is 11.2. The van der Waals surface area contributed by atoms with Gasteiger partial charge in [0.1, 0.15) is 11.6 Å². The number of thiazole rings is 1. The molecule has 0 atom stereocenters. The van der Waals surface area contributed by atoms with E-state index >= 15 is 0 Å². The van der Waals surface area contributed by atoms with Gasteiger partial charge in [0.25, 0.3) is 5.91 Å². The number of phenols is 1. The van der Waals surface area contributed by atoms with E-state index in [2.05, 4.69) is 25.3 Å². The van der Waals surface area contributed by atoms with Crippen molar-refractivity contribution >= 4 is 33.4 Å². The maximum absolute atomic E-state index is 12.6. The Hall–Kier alpha value is -4.44. The van der Waals surface area contributed by atoms with Gasteiger partial charge in [0.15, 0.2) is 5.13 Å². The van der Waals surface area contributed by atoms with Crippen LogP contribution in [0.4, 0.5) is 5.13 Å². The molecule has 34 heavy (non-hydrogen) atoms. The SMILES string of the molecule is COc1ncccc1-c1ccc(O)c(-c2nc3cc(C(=O)NCc4csc(N)n4)ccc3[nH]2)c1. The fourth-order valence-corrected chi connectivity index (χ4v) is 4.18. The maximum Gasteiger partial charge on any atom is 0.251 e. The summed E-state index contributed by atoms with van der Waals surface area (Å²) in [7, 11) is 1.56. The van der Waals surface area contributed by atoms with E-state index in [1.807, 2.05) is 18.2 Å². The Morgan fingerprint density at radius 2 is 2.06 bits per heavy atom. The van der Waals surface area contributed by atoms with Crippen LogP contribution in [0.3, 0.4) is 0 Å². The van der Waals surface area contributed by atoms with Crippen LogP contribution in [-0.4, -0.2) is 38.1 Å². The number of carbonyl (C=O) groups excluding carboxylic acids is 1. The number of hydrogen-bond donors (Lipinski definition) is 4. The van der Waals surface area contributed by atoms with Crippen molar-refractivity contribution < 1.29 is 14.6 Å². The number of nitrogens with two attached hydrogens (primary N) is 1. The van der Waals surface area contributed by atoms with Crippen molar-refractivity contribution in [3.05, 3.63) is 71.4 Å². The van der Waals surface area contributed by atoms with Crippen LogP contribution in [-0.2, 0) is 6.54 Å². The van der Waals surface area contributed by atoms with E-state index in [0.717, 1.165) is 16.6 Å². The lowest BCUT2D eigenvalue weighted by Gasteiger charge is -2.09. The molecule has 3 aromatic heterocycles. The Balaban J connectivity index is 1.44. The average Bonchev–Trinajstić information content (AvgIpc) is 3.48. The van der Waals surface area contributed by atoms with E-state index in [0.29, 0.717) is 39.2 Å². The number of aromatic nitrogens is 4. The van der Waals surface area contributed by atoms with Gasteiger partial charge >= 0.3 is 0 Å². The summed E-state index contributed by atoms with van der Waals surface area (Å²) >= 11 is 1.33. The number of ether oxygens (including phenoxy) is 1. The molecule has 5 rings (SSSR count). The second-order valence-electron chi connectivity index (χ2n) is 7.47. The number of phenolic OH excluding ortho intramolecular Hbond substituents is 1. The molecule has 3 heterocycles. The molecule has 5 N–H and O–H groups in total. The molecule has 170 valence electrons. The Labute approximate surface area is 198 Å². The minimum atomic E-state index is -0.244. The van der Waals surface area contributed by atoms with E-state index in [4.69, 9.17) is 10.5 Å². The van der Waals surface area contributed by atoms with E-state index in [1.165, 1.54) is 11.3 Å². The molecule has 0 aliphatic heterocycles. The standard InChI is InChI=1S/C24H20N6O3S/c1-33-23-16(3-2-8-26-23)13-5-7-20(31)17(9-13)21-29-18-6-4-14(10-19(18)30-21)22(32)27-11-15-12-34-24(25)28-15/h2-10,12,31H,11H2,1H3,(H2,25,28)(H,27,32)(H,29,30). The number of rotatable bonds is 6. The van der Waals surface area contributed by atoms with Crippen molar-refractivity contribution in [2.75, 3.05) is 12.8 Å². The van der Waals surface area contributed by atoms with Crippen LogP contribution in [0.5, 0.6) is 11.6 Å². The molecule has 0 spiro atoms. The Kier molecular flexibility index (Phi) is 5.56. The largest absolute Gasteiger partial charge is 0.507 e. The minimum Gasteiger partial charge on any atom is -0.507 e. The summed E-state index contributed by atoms with van der Waals surface area (Å²) in [6.45, 7) is 0.287. The molecule has 2 aromatic carbocycles. The highest BCUT2D eigenvalue weighted by Crippen LogP contribution is 2.35. The summed E-state index contributed by atoms with van der Waals surface area (Å²) < 4.78 is 5.36. The molecule has 0 fully saturated rings. The number of imidazole rings is 1. The van der Waals surface area contributed by atoms with Gasteiger partial charge in [0.05, 0.1) is 35.9 Å². The van der Waals surface area contributed by atoms with Gasteiger partial charge in [-0.1, -0.05) is 6.07 Å². The highest BCUT2D eigenvalue weighted by Gasteiger charge is 2.15. The van der Waals surface area contributed by atoms with Gasteiger partial charge < -0.3 is 25.9 Å². The third-order valence-electron chi connectivity index (χ3n) is 5.27. The molecular weight excluding hydrogens is 452 g/mol. The zero-order valence-electron chi connectivity index (χ0n) is 18.1. The predicted molar refractivity (Wildman–Crippen MR) is 131 cm³/mol. The molecule has 0 bridgehead atoms. The Morgan fingerprint density at radius 1 is 1.18 bits per heavy atom. The summed E-state index contributed by atoms with van der Waals surface area (Å²) in [5.74, 6) is 0.796. The molecule has 0 saturated heterocycles. The van der Waals surface area contributed by atoms with Crippen LogP contribution in [0.15, 0.2) is 60.1 Å². The first-order valence-electron chi connectivity index (χ1n) is 10.3. The van der Waals surface area contributed by atoms with Crippen molar-refractivity contribution in [2.45, 2.75) is 6.54 Å². The van der Waals surface area contributed by atoms with Gasteiger partial charge in [-0.2, -0.15) is 0 Å². The van der Waals surface area contributed by atoms with Crippen molar-refractivity contribution in [3.8, 4) is 34.1 Å². The van der Waals surface area contributed by atoms with E-state index < -0.39 is 0 Å². The number of nitrogens with one attached hydrogen (secondary N) is 2. The molecule has 0 saturated carbocycles. The Morgan fingerprint density at radius 3 is 2.85 bits per heavy atom. The van der Waals surface area contributed by atoms with Gasteiger partial charge in [-0.25, -0.2) is 15.0 Å². The number of nitrogen functional groups attached to an aromatic ring is 1.